The minimum Gasteiger partial charge on any atom is -0.339 e. The molecule has 2 aliphatic heterocycles. The molecule has 168 valence electrons. The van der Waals surface area contributed by atoms with E-state index in [0.29, 0.717) is 42.7 Å². The van der Waals surface area contributed by atoms with Crippen LogP contribution in [0.2, 0.25) is 0 Å². The fraction of sp³-hybridized carbons (Fsp3) is 0.400. The predicted octanol–water partition coefficient (Wildman–Crippen LogP) is 3.94. The number of nitrogens with zero attached hydrogens (tertiary/aromatic N) is 2. The van der Waals surface area contributed by atoms with Gasteiger partial charge in [-0.05, 0) is 68.5 Å². The van der Waals surface area contributed by atoms with Crippen LogP contribution in [0.15, 0.2) is 48.5 Å². The number of halogens is 1. The zero-order valence-corrected chi connectivity index (χ0v) is 18.1. The normalized spacial score (nSPS) is 18.8. The third kappa shape index (κ3) is 4.98. The maximum atomic E-state index is 13.2. The Bertz CT molecular complexity index is 986. The van der Waals surface area contributed by atoms with E-state index in [0.717, 1.165) is 32.4 Å². The van der Waals surface area contributed by atoms with Crippen LogP contribution >= 0.6 is 0 Å². The lowest BCUT2D eigenvalue weighted by Gasteiger charge is -2.32. The lowest BCUT2D eigenvalue weighted by atomic mass is 9.96. The van der Waals surface area contributed by atoms with E-state index < -0.39 is 5.82 Å². The molecule has 2 heterocycles. The van der Waals surface area contributed by atoms with Gasteiger partial charge in [-0.1, -0.05) is 12.1 Å². The van der Waals surface area contributed by atoms with Crippen LogP contribution in [0, 0.1) is 11.7 Å². The van der Waals surface area contributed by atoms with Crippen LogP contribution in [-0.2, 0) is 4.79 Å². The molecule has 0 saturated carbocycles. The van der Waals surface area contributed by atoms with Crippen LogP contribution in [-0.4, -0.2) is 53.7 Å². The van der Waals surface area contributed by atoms with Crippen molar-refractivity contribution in [2.75, 3.05) is 31.5 Å². The predicted molar refractivity (Wildman–Crippen MR) is 120 cm³/mol. The zero-order chi connectivity index (χ0) is 22.5. The summed E-state index contributed by atoms with van der Waals surface area (Å²) >= 11 is 0. The molecule has 1 atom stereocenters. The number of benzene rings is 2. The number of carbonyl (C=O) groups is 3. The number of piperidine rings is 2. The van der Waals surface area contributed by atoms with Crippen molar-refractivity contribution >= 4 is 23.4 Å². The summed E-state index contributed by atoms with van der Waals surface area (Å²) in [6, 6.07) is 12.5. The van der Waals surface area contributed by atoms with Crippen LogP contribution < -0.4 is 5.32 Å². The number of anilines is 1. The van der Waals surface area contributed by atoms with Gasteiger partial charge < -0.3 is 15.1 Å². The number of likely N-dealkylation sites (tertiary alicyclic amines) is 2. The molecule has 7 heteroatoms. The molecule has 1 N–H and O–H groups in total. The van der Waals surface area contributed by atoms with Crippen LogP contribution in [0.1, 0.15) is 52.8 Å². The average molecular weight is 438 g/mol. The molecule has 2 saturated heterocycles. The third-order valence-electron chi connectivity index (χ3n) is 6.23. The maximum Gasteiger partial charge on any atom is 0.255 e. The Morgan fingerprint density at radius 1 is 0.812 bits per heavy atom. The summed E-state index contributed by atoms with van der Waals surface area (Å²) in [4.78, 5) is 42.3. The molecule has 2 aromatic rings. The highest BCUT2D eigenvalue weighted by atomic mass is 19.1. The van der Waals surface area contributed by atoms with Crippen molar-refractivity contribution < 1.29 is 18.8 Å². The molecule has 0 bridgehead atoms. The lowest BCUT2D eigenvalue weighted by Crippen LogP contribution is -2.44. The monoisotopic (exact) mass is 437 g/mol. The highest BCUT2D eigenvalue weighted by Gasteiger charge is 2.30. The first-order chi connectivity index (χ1) is 15.5. The molecule has 2 fully saturated rings. The van der Waals surface area contributed by atoms with E-state index >= 15 is 0 Å². The highest BCUT2D eigenvalue weighted by molar-refractivity contribution is 6.04. The topological polar surface area (TPSA) is 69.7 Å². The van der Waals surface area contributed by atoms with Crippen molar-refractivity contribution in [2.45, 2.75) is 32.1 Å². The van der Waals surface area contributed by atoms with Gasteiger partial charge in [0.1, 0.15) is 5.82 Å². The van der Waals surface area contributed by atoms with Crippen LogP contribution in [0.4, 0.5) is 10.1 Å². The first-order valence-electron chi connectivity index (χ1n) is 11.3. The fourth-order valence-corrected chi connectivity index (χ4v) is 4.43. The third-order valence-corrected chi connectivity index (χ3v) is 6.23. The van der Waals surface area contributed by atoms with E-state index in [-0.39, 0.29) is 23.6 Å². The SMILES string of the molecule is O=C(Nc1ccccc1C(=O)N1CCCCC1)C1CCCN(C(=O)c2ccc(F)cc2)C1. The van der Waals surface area contributed by atoms with Crippen molar-refractivity contribution in [3.05, 3.63) is 65.5 Å². The van der Waals surface area contributed by atoms with E-state index in [9.17, 15) is 18.8 Å². The highest BCUT2D eigenvalue weighted by Crippen LogP contribution is 2.24. The largest absolute Gasteiger partial charge is 0.339 e. The Morgan fingerprint density at radius 3 is 2.25 bits per heavy atom. The minimum atomic E-state index is -0.393. The van der Waals surface area contributed by atoms with E-state index in [2.05, 4.69) is 5.32 Å². The molecule has 3 amide bonds. The van der Waals surface area contributed by atoms with Crippen molar-refractivity contribution in [2.24, 2.45) is 5.92 Å². The second-order valence-electron chi connectivity index (χ2n) is 8.48. The van der Waals surface area contributed by atoms with Crippen molar-refractivity contribution in [1.82, 2.24) is 9.80 Å². The van der Waals surface area contributed by atoms with Gasteiger partial charge in [0.2, 0.25) is 5.91 Å². The zero-order valence-electron chi connectivity index (χ0n) is 18.1. The Balaban J connectivity index is 1.43. The molecule has 32 heavy (non-hydrogen) atoms. The van der Waals surface area contributed by atoms with E-state index in [1.54, 1.807) is 29.2 Å². The fourth-order valence-electron chi connectivity index (χ4n) is 4.43. The number of rotatable bonds is 4. The standard InChI is InChI=1S/C25H28FN3O3/c26-20-12-10-18(11-13-20)24(31)29-16-6-7-19(17-29)23(30)27-22-9-3-2-8-21(22)25(32)28-14-4-1-5-15-28/h2-3,8-13,19H,1,4-7,14-17H2,(H,27,30). The Labute approximate surface area is 187 Å². The smallest absolute Gasteiger partial charge is 0.255 e. The molecule has 0 spiro atoms. The summed E-state index contributed by atoms with van der Waals surface area (Å²) in [6.07, 6.45) is 4.51. The van der Waals surface area contributed by atoms with Gasteiger partial charge in [-0.2, -0.15) is 0 Å². The molecular weight excluding hydrogens is 409 g/mol. The summed E-state index contributed by atoms with van der Waals surface area (Å²) in [5.74, 6) is -1.22. The Kier molecular flexibility index (Phi) is 6.83. The molecule has 1 unspecified atom stereocenters. The van der Waals surface area contributed by atoms with Gasteiger partial charge in [0, 0.05) is 31.7 Å². The summed E-state index contributed by atoms with van der Waals surface area (Å²) in [7, 11) is 0. The molecule has 2 aliphatic rings. The number of nitrogens with one attached hydrogen (secondary N) is 1. The molecule has 0 radical (unpaired) electrons. The van der Waals surface area contributed by atoms with Crippen LogP contribution in [0.5, 0.6) is 0 Å². The van der Waals surface area contributed by atoms with E-state index in [1.807, 2.05) is 4.90 Å². The number of para-hydroxylation sites is 1. The summed E-state index contributed by atoms with van der Waals surface area (Å²) in [6.45, 7) is 2.34. The average Bonchev–Trinajstić information content (AvgIpc) is 2.84. The first-order valence-corrected chi connectivity index (χ1v) is 11.3. The van der Waals surface area contributed by atoms with Gasteiger partial charge >= 0.3 is 0 Å². The van der Waals surface area contributed by atoms with Crippen molar-refractivity contribution in [1.29, 1.82) is 0 Å². The molecule has 0 aromatic heterocycles. The van der Waals surface area contributed by atoms with Crippen molar-refractivity contribution in [3.63, 3.8) is 0 Å². The molecule has 6 nitrogen and oxygen atoms in total. The molecular formula is C25H28FN3O3. The minimum absolute atomic E-state index is 0.0580. The second kappa shape index (κ2) is 9.94. The summed E-state index contributed by atoms with van der Waals surface area (Å²) < 4.78 is 13.2. The summed E-state index contributed by atoms with van der Waals surface area (Å²) in [5, 5.41) is 2.93. The summed E-state index contributed by atoms with van der Waals surface area (Å²) in [5.41, 5.74) is 1.41. The number of hydrogen-bond acceptors (Lipinski definition) is 3. The lowest BCUT2D eigenvalue weighted by molar-refractivity contribution is -0.121. The maximum absolute atomic E-state index is 13.2. The molecule has 2 aromatic carbocycles. The van der Waals surface area contributed by atoms with Gasteiger partial charge in [-0.25, -0.2) is 4.39 Å². The van der Waals surface area contributed by atoms with E-state index in [1.165, 1.54) is 24.3 Å². The van der Waals surface area contributed by atoms with Crippen molar-refractivity contribution in [3.8, 4) is 0 Å². The first kappa shape index (κ1) is 22.0. The number of hydrogen-bond donors (Lipinski definition) is 1. The Morgan fingerprint density at radius 2 is 1.50 bits per heavy atom. The quantitative estimate of drug-likeness (QED) is 0.788. The van der Waals surface area contributed by atoms with Crippen LogP contribution in [0.3, 0.4) is 0 Å². The Hall–Kier alpha value is -3.22. The van der Waals surface area contributed by atoms with Crippen LogP contribution in [0.25, 0.3) is 0 Å². The number of carbonyl (C=O) groups excluding carboxylic acids is 3. The second-order valence-corrected chi connectivity index (χ2v) is 8.48. The molecule has 0 aliphatic carbocycles. The van der Waals surface area contributed by atoms with E-state index in [4.69, 9.17) is 0 Å². The van der Waals surface area contributed by atoms with Gasteiger partial charge in [0.05, 0.1) is 17.2 Å². The van der Waals surface area contributed by atoms with Gasteiger partial charge in [-0.15, -0.1) is 0 Å². The number of amides is 3. The van der Waals surface area contributed by atoms with Gasteiger partial charge in [-0.3, -0.25) is 14.4 Å². The molecule has 4 rings (SSSR count). The van der Waals surface area contributed by atoms with Gasteiger partial charge in [0.15, 0.2) is 0 Å². The van der Waals surface area contributed by atoms with Gasteiger partial charge in [0.25, 0.3) is 11.8 Å².